The molecule has 0 aliphatic carbocycles. The lowest BCUT2D eigenvalue weighted by Crippen LogP contribution is -2.18. The number of H-pyrrole nitrogens is 1. The van der Waals surface area contributed by atoms with E-state index >= 15 is 0 Å². The van der Waals surface area contributed by atoms with Gasteiger partial charge in [-0.1, -0.05) is 0 Å². The molecule has 0 aromatic carbocycles. The van der Waals surface area contributed by atoms with Gasteiger partial charge >= 0.3 is 0 Å². The number of aromatic amines is 1. The summed E-state index contributed by atoms with van der Waals surface area (Å²) in [5.41, 5.74) is 1.28. The Morgan fingerprint density at radius 3 is 2.80 bits per heavy atom. The molecule has 0 radical (unpaired) electrons. The highest BCUT2D eigenvalue weighted by Gasteiger charge is 2.21. The Labute approximate surface area is 125 Å². The maximum atomic E-state index is 12.3. The van der Waals surface area contributed by atoms with Crippen LogP contribution in [0.25, 0.3) is 0 Å². The van der Waals surface area contributed by atoms with Crippen LogP contribution < -0.4 is 10.0 Å². The van der Waals surface area contributed by atoms with Crippen LogP contribution in [0.5, 0.6) is 0 Å². The third kappa shape index (κ3) is 3.17. The molecule has 20 heavy (non-hydrogen) atoms. The van der Waals surface area contributed by atoms with Crippen molar-refractivity contribution in [1.29, 1.82) is 0 Å². The third-order valence-corrected chi connectivity index (χ3v) is 4.38. The summed E-state index contributed by atoms with van der Waals surface area (Å²) in [5.74, 6) is 0.290. The van der Waals surface area contributed by atoms with Gasteiger partial charge in [0.1, 0.15) is 5.82 Å². The van der Waals surface area contributed by atoms with Crippen molar-refractivity contribution in [3.63, 3.8) is 0 Å². The Bertz CT molecular complexity index is 713. The van der Waals surface area contributed by atoms with Crippen molar-refractivity contribution in [3.05, 3.63) is 34.1 Å². The van der Waals surface area contributed by atoms with Crippen molar-refractivity contribution in [2.24, 2.45) is 0 Å². The van der Waals surface area contributed by atoms with Gasteiger partial charge in [-0.15, -0.1) is 0 Å². The zero-order chi connectivity index (χ0) is 14.8. The van der Waals surface area contributed by atoms with E-state index in [1.54, 1.807) is 20.0 Å². The predicted molar refractivity (Wildman–Crippen MR) is 78.8 cm³/mol. The van der Waals surface area contributed by atoms with E-state index in [0.717, 1.165) is 10.0 Å². The molecule has 0 unspecified atom stereocenters. The molecule has 0 amide bonds. The zero-order valence-electron chi connectivity index (χ0n) is 10.9. The van der Waals surface area contributed by atoms with Gasteiger partial charge in [0, 0.05) is 22.8 Å². The average molecular weight is 360 g/mol. The van der Waals surface area contributed by atoms with Crippen LogP contribution >= 0.6 is 15.9 Å². The summed E-state index contributed by atoms with van der Waals surface area (Å²) in [6, 6.07) is 1.78. The molecule has 0 saturated carbocycles. The Hall–Kier alpha value is -1.45. The van der Waals surface area contributed by atoms with Gasteiger partial charge in [-0.25, -0.2) is 4.98 Å². The molecule has 2 rings (SSSR count). The number of rotatable bonds is 5. The van der Waals surface area contributed by atoms with Gasteiger partial charge < -0.3 is 5.32 Å². The standard InChI is InChI=1S/C11H14BrN5O2S/c1-7-3-9(12)6-14-10(7)17-20(18,19)11-8(4-13-2)5-15-16-11/h3,5-6,13H,4H2,1-2H3,(H,14,17)(H,15,16). The molecule has 2 aromatic rings. The topological polar surface area (TPSA) is 99.8 Å². The Balaban J connectivity index is 2.33. The van der Waals surface area contributed by atoms with Crippen LogP contribution in [0, 0.1) is 6.92 Å². The normalized spacial score (nSPS) is 11.6. The highest BCUT2D eigenvalue weighted by Crippen LogP contribution is 2.21. The number of halogens is 1. The van der Waals surface area contributed by atoms with Gasteiger partial charge in [0.2, 0.25) is 0 Å². The first-order valence-electron chi connectivity index (χ1n) is 5.76. The number of pyridine rings is 1. The van der Waals surface area contributed by atoms with E-state index in [2.05, 4.69) is 41.2 Å². The van der Waals surface area contributed by atoms with E-state index in [4.69, 9.17) is 0 Å². The number of aryl methyl sites for hydroxylation is 1. The highest BCUT2D eigenvalue weighted by molar-refractivity contribution is 9.10. The lowest BCUT2D eigenvalue weighted by atomic mass is 10.3. The van der Waals surface area contributed by atoms with Crippen LogP contribution in [0.3, 0.4) is 0 Å². The van der Waals surface area contributed by atoms with Gasteiger partial charge in [-0.2, -0.15) is 13.5 Å². The third-order valence-electron chi connectivity index (χ3n) is 2.59. The van der Waals surface area contributed by atoms with Crippen molar-refractivity contribution in [1.82, 2.24) is 20.5 Å². The summed E-state index contributed by atoms with van der Waals surface area (Å²) in [7, 11) is -2.01. The number of nitrogens with zero attached hydrogens (tertiary/aromatic N) is 2. The monoisotopic (exact) mass is 359 g/mol. The number of hydrogen-bond acceptors (Lipinski definition) is 5. The van der Waals surface area contributed by atoms with Crippen LogP contribution in [0.4, 0.5) is 5.82 Å². The first-order chi connectivity index (χ1) is 9.44. The summed E-state index contributed by atoms with van der Waals surface area (Å²) in [6.07, 6.45) is 3.01. The van der Waals surface area contributed by atoms with E-state index in [1.807, 2.05) is 0 Å². The van der Waals surface area contributed by atoms with Crippen molar-refractivity contribution in [3.8, 4) is 0 Å². The van der Waals surface area contributed by atoms with E-state index in [9.17, 15) is 8.42 Å². The molecule has 0 aliphatic rings. The van der Waals surface area contributed by atoms with Crippen molar-refractivity contribution < 1.29 is 8.42 Å². The van der Waals surface area contributed by atoms with Crippen LogP contribution in [-0.4, -0.2) is 30.6 Å². The zero-order valence-corrected chi connectivity index (χ0v) is 13.3. The van der Waals surface area contributed by atoms with E-state index in [0.29, 0.717) is 17.9 Å². The molecule has 2 heterocycles. The number of aromatic nitrogens is 3. The highest BCUT2D eigenvalue weighted by atomic mass is 79.9. The van der Waals surface area contributed by atoms with E-state index in [1.165, 1.54) is 12.4 Å². The Morgan fingerprint density at radius 1 is 1.40 bits per heavy atom. The molecule has 108 valence electrons. The van der Waals surface area contributed by atoms with Crippen molar-refractivity contribution >= 4 is 31.8 Å². The fourth-order valence-electron chi connectivity index (χ4n) is 1.67. The number of nitrogens with one attached hydrogen (secondary N) is 3. The van der Waals surface area contributed by atoms with Gasteiger partial charge in [-0.3, -0.25) is 9.82 Å². The second kappa shape index (κ2) is 5.90. The second-order valence-corrected chi connectivity index (χ2v) is 6.71. The average Bonchev–Trinajstić information content (AvgIpc) is 2.82. The van der Waals surface area contributed by atoms with Crippen molar-refractivity contribution in [2.75, 3.05) is 11.8 Å². The minimum absolute atomic E-state index is 0.0379. The lowest BCUT2D eigenvalue weighted by Gasteiger charge is -2.09. The maximum absolute atomic E-state index is 12.3. The summed E-state index contributed by atoms with van der Waals surface area (Å²) < 4.78 is 27.9. The predicted octanol–water partition coefficient (Wildman–Crippen LogP) is 1.40. The van der Waals surface area contributed by atoms with E-state index < -0.39 is 10.0 Å². The minimum Gasteiger partial charge on any atom is -0.316 e. The molecular weight excluding hydrogens is 346 g/mol. The van der Waals surface area contributed by atoms with Gasteiger partial charge in [0.05, 0.1) is 6.20 Å². The summed E-state index contributed by atoms with van der Waals surface area (Å²) in [4.78, 5) is 4.06. The van der Waals surface area contributed by atoms with E-state index in [-0.39, 0.29) is 5.03 Å². The SMILES string of the molecule is CNCc1cn[nH]c1S(=O)(=O)Nc1ncc(Br)cc1C. The van der Waals surface area contributed by atoms with Crippen LogP contribution in [0.2, 0.25) is 0 Å². The van der Waals surface area contributed by atoms with Crippen LogP contribution in [0.1, 0.15) is 11.1 Å². The van der Waals surface area contributed by atoms with Crippen LogP contribution in [0.15, 0.2) is 28.0 Å². The quantitative estimate of drug-likeness (QED) is 0.748. The number of hydrogen-bond donors (Lipinski definition) is 3. The minimum atomic E-state index is -3.74. The molecule has 0 fully saturated rings. The second-order valence-electron chi connectivity index (χ2n) is 4.18. The summed E-state index contributed by atoms with van der Waals surface area (Å²) in [6.45, 7) is 2.18. The molecular formula is C11H14BrN5O2S. The fraction of sp³-hybridized carbons (Fsp3) is 0.273. The number of anilines is 1. The van der Waals surface area contributed by atoms with Gasteiger partial charge in [0.25, 0.3) is 10.0 Å². The fourth-order valence-corrected chi connectivity index (χ4v) is 3.33. The molecule has 0 atom stereocenters. The molecule has 0 saturated heterocycles. The molecule has 0 bridgehead atoms. The first kappa shape index (κ1) is 14.9. The Kier molecular flexibility index (Phi) is 4.41. The molecule has 9 heteroatoms. The molecule has 0 spiro atoms. The summed E-state index contributed by atoms with van der Waals surface area (Å²) >= 11 is 3.28. The smallest absolute Gasteiger partial charge is 0.280 e. The lowest BCUT2D eigenvalue weighted by molar-refractivity contribution is 0.594. The Morgan fingerprint density at radius 2 is 2.15 bits per heavy atom. The van der Waals surface area contributed by atoms with Gasteiger partial charge in [-0.05, 0) is 41.5 Å². The van der Waals surface area contributed by atoms with Crippen LogP contribution in [-0.2, 0) is 16.6 Å². The van der Waals surface area contributed by atoms with Gasteiger partial charge in [0.15, 0.2) is 5.03 Å². The number of sulfonamides is 1. The molecule has 3 N–H and O–H groups in total. The first-order valence-corrected chi connectivity index (χ1v) is 8.03. The largest absolute Gasteiger partial charge is 0.316 e. The molecule has 0 aliphatic heterocycles. The maximum Gasteiger partial charge on any atom is 0.280 e. The molecule has 7 nitrogen and oxygen atoms in total. The molecule has 2 aromatic heterocycles. The summed E-state index contributed by atoms with van der Waals surface area (Å²) in [5, 5.41) is 9.21. The van der Waals surface area contributed by atoms with Crippen molar-refractivity contribution in [2.45, 2.75) is 18.5 Å².